The maximum absolute atomic E-state index is 12.4. The van der Waals surface area contributed by atoms with E-state index in [4.69, 9.17) is 9.47 Å². The number of amides is 2. The van der Waals surface area contributed by atoms with Gasteiger partial charge in [0.1, 0.15) is 11.9 Å². The number of urea groups is 1. The van der Waals surface area contributed by atoms with E-state index in [0.717, 1.165) is 37.1 Å². The molecular weight excluding hydrogens is 344 g/mol. The third kappa shape index (κ3) is 5.84. The van der Waals surface area contributed by atoms with Gasteiger partial charge in [-0.05, 0) is 36.8 Å². The SMILES string of the molecule is CCCCOc1ccc(NC(=O)N2CCC(Oc3cccnn3)CC2)cc1. The van der Waals surface area contributed by atoms with Gasteiger partial charge in [-0.25, -0.2) is 4.79 Å². The summed E-state index contributed by atoms with van der Waals surface area (Å²) in [5.41, 5.74) is 0.765. The second kappa shape index (κ2) is 9.75. The summed E-state index contributed by atoms with van der Waals surface area (Å²) in [4.78, 5) is 14.3. The van der Waals surface area contributed by atoms with E-state index in [1.807, 2.05) is 29.2 Å². The highest BCUT2D eigenvalue weighted by Gasteiger charge is 2.24. The zero-order chi connectivity index (χ0) is 18.9. The van der Waals surface area contributed by atoms with E-state index in [9.17, 15) is 4.79 Å². The second-order valence-corrected chi connectivity index (χ2v) is 6.52. The minimum Gasteiger partial charge on any atom is -0.494 e. The van der Waals surface area contributed by atoms with Crippen molar-refractivity contribution < 1.29 is 14.3 Å². The van der Waals surface area contributed by atoms with Gasteiger partial charge >= 0.3 is 6.03 Å². The predicted octanol–water partition coefficient (Wildman–Crippen LogP) is 3.73. The number of nitrogens with zero attached hydrogens (tertiary/aromatic N) is 3. The Balaban J connectivity index is 1.42. The number of likely N-dealkylation sites (tertiary alicyclic amines) is 1. The Morgan fingerprint density at radius 3 is 2.67 bits per heavy atom. The second-order valence-electron chi connectivity index (χ2n) is 6.52. The number of rotatable bonds is 7. The molecule has 0 aliphatic carbocycles. The smallest absolute Gasteiger partial charge is 0.321 e. The number of ether oxygens (including phenoxy) is 2. The number of nitrogens with one attached hydrogen (secondary N) is 1. The first kappa shape index (κ1) is 18.9. The van der Waals surface area contributed by atoms with Crippen LogP contribution in [0.3, 0.4) is 0 Å². The monoisotopic (exact) mass is 370 g/mol. The highest BCUT2D eigenvalue weighted by Crippen LogP contribution is 2.19. The van der Waals surface area contributed by atoms with E-state index in [1.54, 1.807) is 18.3 Å². The topological polar surface area (TPSA) is 76.6 Å². The zero-order valence-corrected chi connectivity index (χ0v) is 15.6. The van der Waals surface area contributed by atoms with Crippen LogP contribution in [0.15, 0.2) is 42.6 Å². The Hall–Kier alpha value is -2.83. The molecule has 7 nitrogen and oxygen atoms in total. The number of hydrogen-bond donors (Lipinski definition) is 1. The molecule has 7 heteroatoms. The first-order chi connectivity index (χ1) is 13.2. The van der Waals surface area contributed by atoms with Crippen molar-refractivity contribution in [3.8, 4) is 11.6 Å². The summed E-state index contributed by atoms with van der Waals surface area (Å²) in [5.74, 6) is 1.35. The lowest BCUT2D eigenvalue weighted by Crippen LogP contribution is -2.43. The molecule has 0 atom stereocenters. The van der Waals surface area contributed by atoms with Crippen LogP contribution in [0.1, 0.15) is 32.6 Å². The van der Waals surface area contributed by atoms with Crippen molar-refractivity contribution in [2.75, 3.05) is 25.0 Å². The molecule has 0 radical (unpaired) electrons. The number of aromatic nitrogens is 2. The highest BCUT2D eigenvalue weighted by molar-refractivity contribution is 5.89. The Bertz CT molecular complexity index is 701. The van der Waals surface area contributed by atoms with Crippen molar-refractivity contribution in [2.45, 2.75) is 38.7 Å². The van der Waals surface area contributed by atoms with Crippen LogP contribution in [-0.4, -0.2) is 46.9 Å². The summed E-state index contributed by atoms with van der Waals surface area (Å²) in [7, 11) is 0. The number of anilines is 1. The maximum atomic E-state index is 12.4. The van der Waals surface area contributed by atoms with Crippen molar-refractivity contribution >= 4 is 11.7 Å². The van der Waals surface area contributed by atoms with Crippen LogP contribution in [0.25, 0.3) is 0 Å². The molecule has 144 valence electrons. The first-order valence-corrected chi connectivity index (χ1v) is 9.47. The van der Waals surface area contributed by atoms with E-state index in [0.29, 0.717) is 25.6 Å². The van der Waals surface area contributed by atoms with Gasteiger partial charge < -0.3 is 19.7 Å². The largest absolute Gasteiger partial charge is 0.494 e. The molecule has 27 heavy (non-hydrogen) atoms. The van der Waals surface area contributed by atoms with E-state index in [2.05, 4.69) is 22.4 Å². The van der Waals surface area contributed by atoms with E-state index >= 15 is 0 Å². The molecule has 0 bridgehead atoms. The molecule has 2 heterocycles. The van der Waals surface area contributed by atoms with Crippen molar-refractivity contribution in [1.82, 2.24) is 15.1 Å². The van der Waals surface area contributed by atoms with Crippen molar-refractivity contribution in [2.24, 2.45) is 0 Å². The Morgan fingerprint density at radius 2 is 2.00 bits per heavy atom. The molecule has 1 aliphatic rings. The molecule has 1 saturated heterocycles. The maximum Gasteiger partial charge on any atom is 0.321 e. The fourth-order valence-corrected chi connectivity index (χ4v) is 2.87. The molecule has 1 aromatic carbocycles. The van der Waals surface area contributed by atoms with Gasteiger partial charge in [0.05, 0.1) is 6.61 Å². The summed E-state index contributed by atoms with van der Waals surface area (Å²) >= 11 is 0. The van der Waals surface area contributed by atoms with Crippen molar-refractivity contribution in [1.29, 1.82) is 0 Å². The molecule has 1 aromatic heterocycles. The fourth-order valence-electron chi connectivity index (χ4n) is 2.87. The number of hydrogen-bond acceptors (Lipinski definition) is 5. The lowest BCUT2D eigenvalue weighted by molar-refractivity contribution is 0.110. The van der Waals surface area contributed by atoms with Gasteiger partial charge in [0.25, 0.3) is 0 Å². The summed E-state index contributed by atoms with van der Waals surface area (Å²) in [6, 6.07) is 11.0. The standard InChI is InChI=1S/C20H26N4O3/c1-2-3-15-26-17-8-6-16(7-9-17)22-20(25)24-13-10-18(11-14-24)27-19-5-4-12-21-23-19/h4-9,12,18H,2-3,10-11,13-15H2,1H3,(H,22,25). The Labute approximate surface area is 159 Å². The lowest BCUT2D eigenvalue weighted by atomic mass is 10.1. The number of piperidine rings is 1. The third-order valence-electron chi connectivity index (χ3n) is 4.44. The summed E-state index contributed by atoms with van der Waals surface area (Å²) in [6.45, 7) is 4.14. The van der Waals surface area contributed by atoms with Crippen molar-refractivity contribution in [3.63, 3.8) is 0 Å². The van der Waals surface area contributed by atoms with Gasteiger partial charge in [-0.3, -0.25) is 0 Å². The van der Waals surface area contributed by atoms with Gasteiger partial charge in [0, 0.05) is 43.9 Å². The van der Waals surface area contributed by atoms with Crippen LogP contribution in [0.5, 0.6) is 11.6 Å². The van der Waals surface area contributed by atoms with E-state index < -0.39 is 0 Å². The number of unbranched alkanes of at least 4 members (excludes halogenated alkanes) is 1. The molecule has 1 fully saturated rings. The third-order valence-corrected chi connectivity index (χ3v) is 4.44. The average molecular weight is 370 g/mol. The van der Waals surface area contributed by atoms with Crippen LogP contribution in [0, 0.1) is 0 Å². The van der Waals surface area contributed by atoms with E-state index in [1.165, 1.54) is 0 Å². The van der Waals surface area contributed by atoms with Crippen LogP contribution in [-0.2, 0) is 0 Å². The van der Waals surface area contributed by atoms with E-state index in [-0.39, 0.29) is 12.1 Å². The van der Waals surface area contributed by atoms with Gasteiger partial charge in [0.15, 0.2) is 0 Å². The molecule has 3 rings (SSSR count). The van der Waals surface area contributed by atoms with Crippen LogP contribution in [0.4, 0.5) is 10.5 Å². The van der Waals surface area contributed by atoms with Gasteiger partial charge in [0.2, 0.25) is 5.88 Å². The minimum absolute atomic E-state index is 0.0605. The molecule has 2 amide bonds. The summed E-state index contributed by atoms with van der Waals surface area (Å²) in [6.07, 6.45) is 5.36. The summed E-state index contributed by atoms with van der Waals surface area (Å²) < 4.78 is 11.4. The molecular formula is C20H26N4O3. The lowest BCUT2D eigenvalue weighted by Gasteiger charge is -2.31. The Morgan fingerprint density at radius 1 is 1.22 bits per heavy atom. The normalized spacial score (nSPS) is 14.6. The van der Waals surface area contributed by atoms with Crippen LogP contribution < -0.4 is 14.8 Å². The predicted molar refractivity (Wildman–Crippen MR) is 103 cm³/mol. The molecule has 0 unspecified atom stereocenters. The molecule has 1 aliphatic heterocycles. The van der Waals surface area contributed by atoms with Gasteiger partial charge in [-0.2, -0.15) is 5.10 Å². The number of benzene rings is 1. The zero-order valence-electron chi connectivity index (χ0n) is 15.6. The average Bonchev–Trinajstić information content (AvgIpc) is 2.71. The first-order valence-electron chi connectivity index (χ1n) is 9.47. The Kier molecular flexibility index (Phi) is 6.84. The number of carbonyl (C=O) groups excluding carboxylic acids is 1. The van der Waals surface area contributed by atoms with Crippen LogP contribution in [0.2, 0.25) is 0 Å². The minimum atomic E-state index is -0.0902. The quantitative estimate of drug-likeness (QED) is 0.752. The number of carbonyl (C=O) groups is 1. The van der Waals surface area contributed by atoms with Crippen LogP contribution >= 0.6 is 0 Å². The fraction of sp³-hybridized carbons (Fsp3) is 0.450. The molecule has 2 aromatic rings. The van der Waals surface area contributed by atoms with Gasteiger partial charge in [-0.1, -0.05) is 13.3 Å². The molecule has 0 spiro atoms. The van der Waals surface area contributed by atoms with Gasteiger partial charge in [-0.15, -0.1) is 5.10 Å². The molecule has 1 N–H and O–H groups in total. The summed E-state index contributed by atoms with van der Waals surface area (Å²) in [5, 5.41) is 10.7. The molecule has 0 saturated carbocycles. The highest BCUT2D eigenvalue weighted by atomic mass is 16.5. The van der Waals surface area contributed by atoms with Crippen molar-refractivity contribution in [3.05, 3.63) is 42.6 Å².